The topological polar surface area (TPSA) is 45.5 Å². The second-order valence-electron chi connectivity index (χ2n) is 5.78. The number of furan rings is 1. The van der Waals surface area contributed by atoms with Crippen molar-refractivity contribution in [3.05, 3.63) is 58.5 Å². The van der Waals surface area contributed by atoms with E-state index in [0.717, 1.165) is 23.3 Å². The Morgan fingerprint density at radius 2 is 2.17 bits per heavy atom. The van der Waals surface area contributed by atoms with Crippen LogP contribution in [0.4, 0.5) is 0 Å². The largest absolute Gasteiger partial charge is 0.459 e. The molecule has 120 valence electrons. The first-order valence-corrected chi connectivity index (χ1v) is 8.53. The van der Waals surface area contributed by atoms with Gasteiger partial charge >= 0.3 is 0 Å². The lowest BCUT2D eigenvalue weighted by Crippen LogP contribution is -2.36. The highest BCUT2D eigenvalue weighted by atomic mass is 32.1. The fourth-order valence-corrected chi connectivity index (χ4v) is 3.23. The zero-order chi connectivity index (χ0) is 16.2. The number of carbonyl (C=O) groups is 1. The minimum Gasteiger partial charge on any atom is -0.459 e. The van der Waals surface area contributed by atoms with E-state index in [2.05, 4.69) is 16.8 Å². The molecule has 0 aliphatic rings. The van der Waals surface area contributed by atoms with Crippen LogP contribution in [0.2, 0.25) is 0 Å². The molecule has 2 aromatic heterocycles. The highest BCUT2D eigenvalue weighted by molar-refractivity contribution is 7.07. The molecular formula is C18H20N2O2S. The molecule has 1 atom stereocenters. The maximum Gasteiger partial charge on any atom is 0.234 e. The highest BCUT2D eigenvalue weighted by Gasteiger charge is 2.15. The molecule has 0 spiro atoms. The van der Waals surface area contributed by atoms with Crippen molar-refractivity contribution in [3.63, 3.8) is 0 Å². The van der Waals surface area contributed by atoms with E-state index < -0.39 is 0 Å². The number of benzene rings is 1. The Bertz CT molecular complexity index is 746. The number of nitrogens with zero attached hydrogens (tertiary/aromatic N) is 1. The van der Waals surface area contributed by atoms with E-state index in [4.69, 9.17) is 4.42 Å². The van der Waals surface area contributed by atoms with Crippen LogP contribution >= 0.6 is 11.3 Å². The average Bonchev–Trinajstić information content (AvgIpc) is 3.15. The van der Waals surface area contributed by atoms with Crippen LogP contribution in [0.3, 0.4) is 0 Å². The van der Waals surface area contributed by atoms with Crippen LogP contribution < -0.4 is 5.32 Å². The SMILES string of the molecule is C[C@@H](NC(=O)CN(C)Cc1ccsc1)c1cc2ccccc2o1. The minimum absolute atomic E-state index is 0.00399. The van der Waals surface area contributed by atoms with Gasteiger partial charge in [-0.1, -0.05) is 18.2 Å². The normalized spacial score (nSPS) is 12.7. The fourth-order valence-electron chi connectivity index (χ4n) is 2.57. The number of rotatable bonds is 6. The molecule has 23 heavy (non-hydrogen) atoms. The molecule has 0 unspecified atom stereocenters. The minimum atomic E-state index is -0.149. The van der Waals surface area contributed by atoms with Crippen LogP contribution in [-0.2, 0) is 11.3 Å². The zero-order valence-corrected chi connectivity index (χ0v) is 14.1. The molecule has 0 radical (unpaired) electrons. The molecule has 1 N–H and O–H groups in total. The van der Waals surface area contributed by atoms with E-state index in [1.54, 1.807) is 11.3 Å². The van der Waals surface area contributed by atoms with Crippen molar-refractivity contribution in [1.82, 2.24) is 10.2 Å². The number of carbonyl (C=O) groups excluding carboxylic acids is 1. The van der Waals surface area contributed by atoms with Gasteiger partial charge < -0.3 is 9.73 Å². The molecule has 0 bridgehead atoms. The molecule has 0 saturated carbocycles. The summed E-state index contributed by atoms with van der Waals surface area (Å²) in [7, 11) is 1.95. The summed E-state index contributed by atoms with van der Waals surface area (Å²) in [4.78, 5) is 14.2. The first-order valence-electron chi connectivity index (χ1n) is 7.59. The van der Waals surface area contributed by atoms with Crippen molar-refractivity contribution in [2.75, 3.05) is 13.6 Å². The summed E-state index contributed by atoms with van der Waals surface area (Å²) in [5, 5.41) is 8.20. The number of likely N-dealkylation sites (N-methyl/N-ethyl adjacent to an activating group) is 1. The van der Waals surface area contributed by atoms with E-state index in [1.165, 1.54) is 5.56 Å². The predicted molar refractivity (Wildman–Crippen MR) is 93.4 cm³/mol. The van der Waals surface area contributed by atoms with Crippen molar-refractivity contribution in [1.29, 1.82) is 0 Å². The second kappa shape index (κ2) is 6.98. The molecule has 0 saturated heterocycles. The first kappa shape index (κ1) is 15.8. The van der Waals surface area contributed by atoms with Crippen LogP contribution in [0.25, 0.3) is 11.0 Å². The Labute approximate surface area is 139 Å². The molecule has 0 aliphatic carbocycles. The molecule has 1 aromatic carbocycles. The van der Waals surface area contributed by atoms with E-state index >= 15 is 0 Å². The van der Waals surface area contributed by atoms with Gasteiger partial charge in [0.05, 0.1) is 12.6 Å². The first-order chi connectivity index (χ1) is 11.1. The van der Waals surface area contributed by atoms with Crippen LogP contribution in [0, 0.1) is 0 Å². The number of para-hydroxylation sites is 1. The van der Waals surface area contributed by atoms with Crippen LogP contribution in [0.1, 0.15) is 24.3 Å². The summed E-state index contributed by atoms with van der Waals surface area (Å²) >= 11 is 1.67. The standard InChI is InChI=1S/C18H20N2O2S/c1-13(17-9-15-5-3-4-6-16(15)22-17)19-18(21)11-20(2)10-14-7-8-23-12-14/h3-9,12-13H,10-11H2,1-2H3,(H,19,21)/t13-/m1/s1. The van der Waals surface area contributed by atoms with Crippen LogP contribution in [0.15, 0.2) is 51.6 Å². The quantitative estimate of drug-likeness (QED) is 0.748. The van der Waals surface area contributed by atoms with Gasteiger partial charge in [0.25, 0.3) is 0 Å². The van der Waals surface area contributed by atoms with Crippen molar-refractivity contribution in [2.24, 2.45) is 0 Å². The van der Waals surface area contributed by atoms with Crippen molar-refractivity contribution >= 4 is 28.2 Å². The van der Waals surface area contributed by atoms with Crippen LogP contribution in [-0.4, -0.2) is 24.4 Å². The maximum absolute atomic E-state index is 12.2. The number of hydrogen-bond donors (Lipinski definition) is 1. The van der Waals surface area contributed by atoms with E-state index in [9.17, 15) is 4.79 Å². The summed E-state index contributed by atoms with van der Waals surface area (Å²) in [6.07, 6.45) is 0. The second-order valence-corrected chi connectivity index (χ2v) is 6.56. The van der Waals surface area contributed by atoms with E-state index in [-0.39, 0.29) is 11.9 Å². The van der Waals surface area contributed by atoms with Gasteiger partial charge in [0, 0.05) is 11.9 Å². The van der Waals surface area contributed by atoms with Gasteiger partial charge in [-0.3, -0.25) is 9.69 Å². The predicted octanol–water partition coefficient (Wildman–Crippen LogP) is 3.80. The summed E-state index contributed by atoms with van der Waals surface area (Å²) < 4.78 is 5.79. The summed E-state index contributed by atoms with van der Waals surface area (Å²) in [5.74, 6) is 0.774. The third-order valence-corrected chi connectivity index (χ3v) is 4.43. The Hall–Kier alpha value is -2.11. The monoisotopic (exact) mass is 328 g/mol. The zero-order valence-electron chi connectivity index (χ0n) is 13.3. The molecule has 0 fully saturated rings. The van der Waals surface area contributed by atoms with Crippen LogP contribution in [0.5, 0.6) is 0 Å². The summed E-state index contributed by atoms with van der Waals surface area (Å²) in [6, 6.07) is 11.8. The molecular weight excluding hydrogens is 308 g/mol. The highest BCUT2D eigenvalue weighted by Crippen LogP contribution is 2.23. The Kier molecular flexibility index (Phi) is 4.79. The van der Waals surface area contributed by atoms with Gasteiger partial charge in [-0.2, -0.15) is 11.3 Å². The Morgan fingerprint density at radius 1 is 1.35 bits per heavy atom. The lowest BCUT2D eigenvalue weighted by molar-refractivity contribution is -0.122. The number of nitrogens with one attached hydrogen (secondary N) is 1. The Balaban J connectivity index is 1.56. The Morgan fingerprint density at radius 3 is 2.91 bits per heavy atom. The van der Waals surface area contributed by atoms with Crippen molar-refractivity contribution in [2.45, 2.75) is 19.5 Å². The number of fused-ring (bicyclic) bond motifs is 1. The number of hydrogen-bond acceptors (Lipinski definition) is 4. The molecule has 4 nitrogen and oxygen atoms in total. The molecule has 2 heterocycles. The van der Waals surface area contributed by atoms with E-state index in [1.807, 2.05) is 54.6 Å². The molecule has 3 rings (SSSR count). The molecule has 3 aromatic rings. The average molecular weight is 328 g/mol. The van der Waals surface area contributed by atoms with Gasteiger partial charge in [-0.05, 0) is 48.5 Å². The lowest BCUT2D eigenvalue weighted by atomic mass is 10.2. The number of amides is 1. The van der Waals surface area contributed by atoms with Gasteiger partial charge in [0.2, 0.25) is 5.91 Å². The summed E-state index contributed by atoms with van der Waals surface area (Å²) in [6.45, 7) is 3.07. The molecule has 5 heteroatoms. The maximum atomic E-state index is 12.2. The van der Waals surface area contributed by atoms with Crippen molar-refractivity contribution < 1.29 is 9.21 Å². The summed E-state index contributed by atoms with van der Waals surface area (Å²) in [5.41, 5.74) is 2.08. The van der Waals surface area contributed by atoms with Gasteiger partial charge in [-0.15, -0.1) is 0 Å². The lowest BCUT2D eigenvalue weighted by Gasteiger charge is -2.17. The third kappa shape index (κ3) is 4.00. The van der Waals surface area contributed by atoms with Crippen molar-refractivity contribution in [3.8, 4) is 0 Å². The molecule has 0 aliphatic heterocycles. The molecule has 1 amide bonds. The van der Waals surface area contributed by atoms with Gasteiger partial charge in [0.1, 0.15) is 11.3 Å². The van der Waals surface area contributed by atoms with Gasteiger partial charge in [0.15, 0.2) is 0 Å². The third-order valence-electron chi connectivity index (χ3n) is 3.69. The fraction of sp³-hybridized carbons (Fsp3) is 0.278. The van der Waals surface area contributed by atoms with Gasteiger partial charge in [-0.25, -0.2) is 0 Å². The number of thiophene rings is 1. The van der Waals surface area contributed by atoms with E-state index in [0.29, 0.717) is 6.54 Å². The smallest absolute Gasteiger partial charge is 0.234 e.